The van der Waals surface area contributed by atoms with Crippen molar-refractivity contribution in [2.45, 2.75) is 326 Å². The number of amides is 1. The third kappa shape index (κ3) is 55.8. The number of carbonyl (C=O) groups excluding carboxylic acids is 2. The van der Waals surface area contributed by atoms with Crippen molar-refractivity contribution in [2.75, 3.05) is 65.9 Å². The van der Waals surface area contributed by atoms with Crippen LogP contribution in [0.25, 0.3) is 0 Å². The predicted molar refractivity (Wildman–Crippen MR) is 465 cm³/mol. The highest BCUT2D eigenvalue weighted by Gasteiger charge is 2.41. The van der Waals surface area contributed by atoms with Crippen LogP contribution in [0.2, 0.25) is 0 Å². The number of hydrogen-bond acceptors (Lipinski definition) is 8. The number of benzene rings is 3. The van der Waals surface area contributed by atoms with E-state index in [2.05, 4.69) is 247 Å². The fourth-order valence-electron chi connectivity index (χ4n) is 9.90. The Labute approximate surface area is 650 Å². The molecule has 3 saturated heterocycles. The van der Waals surface area contributed by atoms with Crippen molar-refractivity contribution in [1.82, 2.24) is 14.8 Å². The molecule has 5 heterocycles. The maximum Gasteiger partial charge on any atom is 0.231 e. The van der Waals surface area contributed by atoms with Crippen molar-refractivity contribution in [1.29, 1.82) is 0 Å². The Bertz CT molecular complexity index is 2370. The van der Waals surface area contributed by atoms with Gasteiger partial charge in [0, 0.05) is 61.2 Å². The minimum Gasteiger partial charge on any atom is -0.454 e. The number of hydrogen-bond donors (Lipinski definition) is 0. The molecule has 4 aliphatic heterocycles. The second kappa shape index (κ2) is 71.4. The average Bonchev–Trinajstić information content (AvgIpc) is 1.57. The lowest BCUT2D eigenvalue weighted by atomic mass is 9.75. The first-order valence-corrected chi connectivity index (χ1v) is 42.5. The molecule has 0 spiro atoms. The Hall–Kier alpha value is -4.57. The van der Waals surface area contributed by atoms with Gasteiger partial charge >= 0.3 is 0 Å². The molecule has 0 N–H and O–H groups in total. The molecule has 0 radical (unpaired) electrons. The van der Waals surface area contributed by atoms with E-state index in [0.717, 1.165) is 119 Å². The summed E-state index contributed by atoms with van der Waals surface area (Å²) in [6, 6.07) is 31.6. The number of ketones is 1. The van der Waals surface area contributed by atoms with E-state index < -0.39 is 0 Å². The molecule has 5 aliphatic rings. The van der Waals surface area contributed by atoms with Crippen molar-refractivity contribution >= 4 is 11.7 Å². The number of Topliss-reactive ketones (excluding diaryl/α,β-unsaturated/α-hetero) is 1. The maximum absolute atomic E-state index is 12.0. The summed E-state index contributed by atoms with van der Waals surface area (Å²) >= 11 is 0. The number of aromatic nitrogens is 1. The summed E-state index contributed by atoms with van der Waals surface area (Å²) < 4.78 is 20.8. The van der Waals surface area contributed by atoms with Gasteiger partial charge in [-0.25, -0.2) is 0 Å². The Morgan fingerprint density at radius 3 is 1.23 bits per heavy atom. The van der Waals surface area contributed by atoms with Crippen LogP contribution in [-0.2, 0) is 43.7 Å². The zero-order valence-electron chi connectivity index (χ0n) is 76.3. The third-order valence-electron chi connectivity index (χ3n) is 18.0. The maximum atomic E-state index is 12.0. The van der Waals surface area contributed by atoms with E-state index in [-0.39, 0.29) is 10.8 Å². The molecule has 9 rings (SSSR count). The molecular formula is C95H179N3O6. The highest BCUT2D eigenvalue weighted by molar-refractivity contribution is 5.88. The minimum atomic E-state index is -0.190. The van der Waals surface area contributed by atoms with E-state index in [0.29, 0.717) is 53.5 Å². The minimum absolute atomic E-state index is 0.0961. The molecule has 0 bridgehead atoms. The largest absolute Gasteiger partial charge is 0.454 e. The molecular weight excluding hydrogens is 1280 g/mol. The molecule has 9 heteroatoms. The summed E-state index contributed by atoms with van der Waals surface area (Å²) in [5, 5.41) is 0. The normalized spacial score (nSPS) is 13.7. The summed E-state index contributed by atoms with van der Waals surface area (Å²) in [6.07, 6.45) is 14.4. The molecule has 104 heavy (non-hydrogen) atoms. The van der Waals surface area contributed by atoms with Crippen LogP contribution in [-0.4, -0.2) is 92.4 Å². The van der Waals surface area contributed by atoms with Gasteiger partial charge in [0.15, 0.2) is 11.5 Å². The highest BCUT2D eigenvalue weighted by Crippen LogP contribution is 2.40. The second-order valence-electron chi connectivity index (χ2n) is 30.1. The molecule has 0 atom stereocenters. The van der Waals surface area contributed by atoms with Crippen molar-refractivity contribution in [3.63, 3.8) is 0 Å². The Morgan fingerprint density at radius 1 is 0.452 bits per heavy atom. The van der Waals surface area contributed by atoms with Crippen LogP contribution in [0.4, 0.5) is 0 Å². The van der Waals surface area contributed by atoms with Crippen LogP contribution >= 0.6 is 0 Å². The number of carbonyl (C=O) groups is 2. The number of likely N-dealkylation sites (tertiary alicyclic amines) is 1. The van der Waals surface area contributed by atoms with E-state index in [9.17, 15) is 9.59 Å². The number of morpholine rings is 1. The predicted octanol–water partition coefficient (Wildman–Crippen LogP) is 27.6. The molecule has 4 fully saturated rings. The molecule has 610 valence electrons. The van der Waals surface area contributed by atoms with Gasteiger partial charge in [-0.15, -0.1) is 0 Å². The van der Waals surface area contributed by atoms with Crippen LogP contribution in [0.3, 0.4) is 0 Å². The van der Waals surface area contributed by atoms with Gasteiger partial charge in [-0.2, -0.15) is 0 Å². The SMILES string of the molecule is CC.CC.CC.CC.CC.CC.CC.CC.CC(C)C(C)(C)C(=O)C1CC1.CC(C)C(C)(C)C(=O)N1CCCC1.CC(C)C(C)(C)c1ccccc1.CC(C)CC1COC1.CC(C)CCN1CCOCC1.CC(C)Cc1ccc2c(c1)OCO2.CC(C)Cc1ccccc1.CC(C)Cc1ccncc1. The van der Waals surface area contributed by atoms with Gasteiger partial charge < -0.3 is 23.8 Å². The van der Waals surface area contributed by atoms with Gasteiger partial charge in [0.05, 0.1) is 26.4 Å². The fourth-order valence-corrected chi connectivity index (χ4v) is 9.90. The lowest BCUT2D eigenvalue weighted by Crippen LogP contribution is -2.42. The van der Waals surface area contributed by atoms with E-state index >= 15 is 0 Å². The van der Waals surface area contributed by atoms with E-state index in [1.807, 2.05) is 134 Å². The quantitative estimate of drug-likeness (QED) is 0.0973. The van der Waals surface area contributed by atoms with Crippen LogP contribution in [0, 0.1) is 70.0 Å². The first-order chi connectivity index (χ1) is 49.4. The molecule has 1 aliphatic carbocycles. The topological polar surface area (TPSA) is 90.4 Å². The lowest BCUT2D eigenvalue weighted by molar-refractivity contribution is -0.141. The Kier molecular flexibility index (Phi) is 77.4. The summed E-state index contributed by atoms with van der Waals surface area (Å²) in [5.74, 6) is 9.29. The highest BCUT2D eigenvalue weighted by atomic mass is 16.7. The van der Waals surface area contributed by atoms with Gasteiger partial charge in [-0.05, 0) is 164 Å². The van der Waals surface area contributed by atoms with Crippen LogP contribution in [0.5, 0.6) is 11.5 Å². The molecule has 1 amide bonds. The molecule has 1 aromatic heterocycles. The zero-order chi connectivity index (χ0) is 82.0. The fraction of sp³-hybridized carbons (Fsp3) is 0.737. The van der Waals surface area contributed by atoms with Crippen molar-refractivity contribution in [3.05, 3.63) is 126 Å². The van der Waals surface area contributed by atoms with Gasteiger partial charge in [-0.1, -0.05) is 330 Å². The number of pyridine rings is 1. The number of ether oxygens (including phenoxy) is 4. The lowest BCUT2D eigenvalue weighted by Gasteiger charge is -2.32. The number of rotatable bonds is 18. The summed E-state index contributed by atoms with van der Waals surface area (Å²) in [6.45, 7) is 90.0. The van der Waals surface area contributed by atoms with E-state index in [1.165, 1.54) is 60.9 Å². The van der Waals surface area contributed by atoms with Crippen molar-refractivity contribution in [2.24, 2.45) is 70.0 Å². The summed E-state index contributed by atoms with van der Waals surface area (Å²) in [7, 11) is 0. The summed E-state index contributed by atoms with van der Waals surface area (Å²) in [4.78, 5) is 32.2. The van der Waals surface area contributed by atoms with Crippen molar-refractivity contribution in [3.8, 4) is 11.5 Å². The van der Waals surface area contributed by atoms with Gasteiger partial charge in [-0.3, -0.25) is 19.5 Å². The average molecular weight is 1460 g/mol. The van der Waals surface area contributed by atoms with Crippen molar-refractivity contribution < 1.29 is 28.5 Å². The van der Waals surface area contributed by atoms with Crippen LogP contribution in [0.15, 0.2) is 103 Å². The van der Waals surface area contributed by atoms with E-state index in [1.54, 1.807) is 0 Å². The second-order valence-corrected chi connectivity index (χ2v) is 30.1. The monoisotopic (exact) mass is 1460 g/mol. The molecule has 3 aromatic carbocycles. The molecule has 4 aromatic rings. The number of fused-ring (bicyclic) bond motifs is 1. The first-order valence-electron chi connectivity index (χ1n) is 42.5. The summed E-state index contributed by atoms with van der Waals surface area (Å²) in [5.41, 5.74) is 5.58. The van der Waals surface area contributed by atoms with E-state index in [4.69, 9.17) is 18.9 Å². The Balaban J connectivity index is -0.000000201. The first kappa shape index (κ1) is 113. The van der Waals surface area contributed by atoms with Gasteiger partial charge in [0.25, 0.3) is 0 Å². The molecule has 0 unspecified atom stereocenters. The Morgan fingerprint density at radius 2 is 0.865 bits per heavy atom. The standard InChI is InChI=1S/C12H18.C11H21NO.C11H14O2.C10H18O.C10H14.C9H19NO.C9H13N.C7H14O.8C2H6/c1-10(2)12(3,4)11-8-6-5-7-9-11;1-9(2)11(3,4)10(13)12-7-5-6-8-12;1-8(2)5-9-3-4-10-11(6-9)13-7-12-10;1-7(2)10(3,4)9(11)8-5-6-8;1-9(2)8-10-6-4-3-5-7-10;1-9(2)3-4-10-5-7-11-8-6-10;1-8(2)7-9-3-5-10-6-4-9;1-6(2)3-7-4-8-5-7;8*1-2/h5-10H,1-4H3;9H,5-8H2,1-4H3;3-4,6,8H,5,7H2,1-2H3;7-8H,5-6H2,1-4H3;3-7,9H,8H2,1-2H3;9H,3-8H2,1-2H3;3-6,8H,7H2,1-2H3;6-7H,3-5H2,1-2H3;8*1-2H3. The van der Waals surface area contributed by atoms with Gasteiger partial charge in [0.2, 0.25) is 12.7 Å². The van der Waals surface area contributed by atoms with Crippen LogP contribution in [0.1, 0.15) is 324 Å². The zero-order valence-corrected chi connectivity index (χ0v) is 76.3. The smallest absolute Gasteiger partial charge is 0.231 e. The van der Waals surface area contributed by atoms with Crippen LogP contribution < -0.4 is 9.47 Å². The third-order valence-corrected chi connectivity index (χ3v) is 18.0. The molecule has 9 nitrogen and oxygen atoms in total. The number of nitrogens with zero attached hydrogens (tertiary/aromatic N) is 3. The van der Waals surface area contributed by atoms with Gasteiger partial charge in [0.1, 0.15) is 5.78 Å². The molecule has 1 saturated carbocycles.